The first-order chi connectivity index (χ1) is 26.5. The van der Waals surface area contributed by atoms with E-state index in [2.05, 4.69) is 19.9 Å². The molecule has 3 aliphatic rings. The maximum absolute atomic E-state index is 13.6. The summed E-state index contributed by atoms with van der Waals surface area (Å²) >= 11 is 0. The van der Waals surface area contributed by atoms with Gasteiger partial charge in [0.05, 0.1) is 54.9 Å². The highest BCUT2D eigenvalue weighted by molar-refractivity contribution is 5.82. The van der Waals surface area contributed by atoms with Gasteiger partial charge >= 0.3 is 5.97 Å². The number of carbonyl (C=O) groups excluding carboxylic acids is 1. The Bertz CT molecular complexity index is 1220. The lowest BCUT2D eigenvalue weighted by molar-refractivity contribution is -0.349. The molecule has 3 aliphatic heterocycles. The molecule has 2 saturated heterocycles. The Morgan fingerprint density at radius 1 is 0.857 bits per heavy atom. The van der Waals surface area contributed by atoms with Gasteiger partial charge < -0.3 is 49.6 Å². The Kier molecular flexibility index (Phi) is 20.7. The van der Waals surface area contributed by atoms with E-state index in [4.69, 9.17) is 18.9 Å². The molecule has 3 heterocycles. The molecule has 11 nitrogen and oxygen atoms in total. The van der Waals surface area contributed by atoms with Crippen molar-refractivity contribution in [1.29, 1.82) is 0 Å². The zero-order chi connectivity index (χ0) is 41.6. The fourth-order valence-electron chi connectivity index (χ4n) is 8.75. The van der Waals surface area contributed by atoms with Gasteiger partial charge in [-0.05, 0) is 96.3 Å². The van der Waals surface area contributed by atoms with Crippen LogP contribution in [0.1, 0.15) is 132 Å². The molecule has 1 unspecified atom stereocenters. The van der Waals surface area contributed by atoms with Crippen LogP contribution >= 0.6 is 0 Å². The second kappa shape index (κ2) is 23.8. The van der Waals surface area contributed by atoms with Crippen LogP contribution in [-0.2, 0) is 23.7 Å². The highest BCUT2D eigenvalue weighted by Crippen LogP contribution is 2.47. The lowest BCUT2D eigenvalue weighted by Gasteiger charge is -2.52. The number of aliphatic hydroxyl groups is 6. The van der Waals surface area contributed by atoms with Crippen LogP contribution in [-0.4, -0.2) is 111 Å². The zero-order valence-electron chi connectivity index (χ0n) is 35.6. The molecular formula is C45H78O11. The largest absolute Gasteiger partial charge is 0.459 e. The number of rotatable bonds is 7. The number of carbonyl (C=O) groups is 1. The molecule has 3 rings (SSSR count). The van der Waals surface area contributed by atoms with Crippen LogP contribution < -0.4 is 0 Å². The minimum absolute atomic E-state index is 0.181. The summed E-state index contributed by atoms with van der Waals surface area (Å²) < 4.78 is 25.7. The lowest BCUT2D eigenvalue weighted by atomic mass is 9.77. The van der Waals surface area contributed by atoms with Gasteiger partial charge in [-0.3, -0.25) is 0 Å². The van der Waals surface area contributed by atoms with Crippen LogP contribution in [0.5, 0.6) is 0 Å². The Hall–Kier alpha value is -1.67. The van der Waals surface area contributed by atoms with Crippen molar-refractivity contribution < 1.29 is 54.4 Å². The maximum atomic E-state index is 13.6. The normalized spacial score (nSPS) is 43.3. The van der Waals surface area contributed by atoms with Crippen molar-refractivity contribution in [2.75, 3.05) is 7.11 Å². The van der Waals surface area contributed by atoms with Crippen molar-refractivity contribution in [3.8, 4) is 0 Å². The summed E-state index contributed by atoms with van der Waals surface area (Å²) in [7, 11) is 1.52. The van der Waals surface area contributed by atoms with E-state index in [1.54, 1.807) is 33.8 Å². The molecule has 6 N–H and O–H groups in total. The van der Waals surface area contributed by atoms with Crippen molar-refractivity contribution in [2.24, 2.45) is 35.5 Å². The van der Waals surface area contributed by atoms with E-state index in [1.807, 2.05) is 25.2 Å². The molecule has 0 aliphatic carbocycles. The quantitative estimate of drug-likeness (QED) is 0.163. The highest BCUT2D eigenvalue weighted by atomic mass is 16.7. The number of esters is 1. The summed E-state index contributed by atoms with van der Waals surface area (Å²) in [5.41, 5.74) is 0. The molecular weight excluding hydrogens is 716 g/mol. The molecule has 0 aromatic heterocycles. The van der Waals surface area contributed by atoms with Gasteiger partial charge in [0.15, 0.2) is 5.79 Å². The maximum Gasteiger partial charge on any atom is 0.330 e. The lowest BCUT2D eigenvalue weighted by Crippen LogP contribution is -2.58. The van der Waals surface area contributed by atoms with E-state index >= 15 is 0 Å². The van der Waals surface area contributed by atoms with E-state index < -0.39 is 78.3 Å². The van der Waals surface area contributed by atoms with E-state index in [-0.39, 0.29) is 42.8 Å². The number of hydrogen-bond acceptors (Lipinski definition) is 11. The van der Waals surface area contributed by atoms with Gasteiger partial charge in [-0.25, -0.2) is 4.79 Å². The molecule has 324 valence electrons. The zero-order valence-corrected chi connectivity index (χ0v) is 35.6. The average Bonchev–Trinajstić information content (AvgIpc) is 3.15. The number of fused-ring (bicyclic) bond motifs is 2. The van der Waals surface area contributed by atoms with Crippen molar-refractivity contribution in [3.05, 3.63) is 36.5 Å². The third kappa shape index (κ3) is 15.2. The molecule has 0 aromatic carbocycles. The Balaban J connectivity index is 1.97. The number of allylic oxidation sites excluding steroid dienone is 4. The van der Waals surface area contributed by atoms with Crippen LogP contribution in [0.2, 0.25) is 0 Å². The van der Waals surface area contributed by atoms with E-state index in [0.717, 1.165) is 19.3 Å². The SMILES string of the molecule is CC[C@H]1/C=C/C=C/CC[C@@H](O)[C@@H](C)[C@@H](O)C[C@@H](OC)C[C@@H](O)[C@H](C)[C@H](O)[C@@H](C)/C=C/C(=O)O[C@H]2C[C@@]3(CC[C@H](C)[C@H](C[C@@H](C)O)O3)O[C@@H](CC1)[C@H]2CCC(C)O. The smallest absolute Gasteiger partial charge is 0.330 e. The standard InChI is InChI=1S/C45H78O11/c1-9-34-14-12-10-11-13-15-37(48)32(6)38(49)25-35(53-8)26-39(50)33(7)44(52)29(3)16-21-43(51)54-42-27-45(23-22-28(2)41(56-45)24-31(5)47)55-40(20-18-34)36(42)19-17-30(4)46/h10-12,14,16,21,28-42,44,46-50,52H,9,13,15,17-20,22-27H2,1-8H3/b11-10+,14-12+,21-16+/t28-,29-,30?,31+,32+,33-,34-,35+,36+,37+,38-,39+,40-,41-,42-,44+,45-/m0/s1. The van der Waals surface area contributed by atoms with E-state index in [0.29, 0.717) is 51.4 Å². The summed E-state index contributed by atoms with van der Waals surface area (Å²) in [6.45, 7) is 13.2. The fraction of sp³-hybridized carbons (Fsp3) is 0.844. The first-order valence-corrected chi connectivity index (χ1v) is 21.7. The summed E-state index contributed by atoms with van der Waals surface area (Å²) in [6.07, 6.45) is 12.5. The van der Waals surface area contributed by atoms with Crippen molar-refractivity contribution >= 4 is 5.97 Å². The average molecular weight is 795 g/mol. The monoisotopic (exact) mass is 795 g/mol. The molecule has 0 radical (unpaired) electrons. The van der Waals surface area contributed by atoms with E-state index in [9.17, 15) is 35.4 Å². The fourth-order valence-corrected chi connectivity index (χ4v) is 8.75. The Labute approximate surface area is 337 Å². The van der Waals surface area contributed by atoms with Crippen LogP contribution in [0.3, 0.4) is 0 Å². The van der Waals surface area contributed by atoms with Gasteiger partial charge in [-0.15, -0.1) is 0 Å². The van der Waals surface area contributed by atoms with E-state index in [1.165, 1.54) is 13.2 Å². The minimum Gasteiger partial charge on any atom is -0.459 e. The summed E-state index contributed by atoms with van der Waals surface area (Å²) in [5, 5.41) is 64.9. The predicted octanol–water partition coefficient (Wildman–Crippen LogP) is 6.16. The van der Waals surface area contributed by atoms with Crippen LogP contribution in [0.4, 0.5) is 0 Å². The molecule has 11 heteroatoms. The highest BCUT2D eigenvalue weighted by Gasteiger charge is 2.52. The van der Waals surface area contributed by atoms with Crippen LogP contribution in [0.15, 0.2) is 36.5 Å². The topological polar surface area (TPSA) is 175 Å². The molecule has 56 heavy (non-hydrogen) atoms. The van der Waals surface area contributed by atoms with Crippen molar-refractivity contribution in [2.45, 2.75) is 199 Å². The summed E-state index contributed by atoms with van der Waals surface area (Å²) in [6, 6.07) is 0. The molecule has 1 spiro atoms. The number of hydrogen-bond donors (Lipinski definition) is 6. The molecule has 2 fully saturated rings. The van der Waals surface area contributed by atoms with Gasteiger partial charge in [-0.1, -0.05) is 65.0 Å². The predicted molar refractivity (Wildman–Crippen MR) is 217 cm³/mol. The first kappa shape index (κ1) is 48.7. The summed E-state index contributed by atoms with van der Waals surface area (Å²) in [5.74, 6) is -2.70. The molecule has 0 aromatic rings. The second-order valence-corrected chi connectivity index (χ2v) is 17.7. The van der Waals surface area contributed by atoms with Gasteiger partial charge in [-0.2, -0.15) is 0 Å². The van der Waals surface area contributed by atoms with Crippen LogP contribution in [0, 0.1) is 35.5 Å². The van der Waals surface area contributed by atoms with Gasteiger partial charge in [0.25, 0.3) is 0 Å². The Morgan fingerprint density at radius 2 is 1.55 bits per heavy atom. The third-order valence-corrected chi connectivity index (χ3v) is 13.0. The van der Waals surface area contributed by atoms with Gasteiger partial charge in [0, 0.05) is 49.7 Å². The van der Waals surface area contributed by atoms with Gasteiger partial charge in [0.1, 0.15) is 6.10 Å². The molecule has 2 bridgehead atoms. The number of methoxy groups -OCH3 is 1. The first-order valence-electron chi connectivity index (χ1n) is 21.7. The molecule has 17 atom stereocenters. The minimum atomic E-state index is -0.984. The van der Waals surface area contributed by atoms with Crippen molar-refractivity contribution in [3.63, 3.8) is 0 Å². The third-order valence-electron chi connectivity index (χ3n) is 13.0. The summed E-state index contributed by atoms with van der Waals surface area (Å²) in [4.78, 5) is 13.6. The Morgan fingerprint density at radius 3 is 2.20 bits per heavy atom. The van der Waals surface area contributed by atoms with Gasteiger partial charge in [0.2, 0.25) is 0 Å². The van der Waals surface area contributed by atoms with Crippen molar-refractivity contribution in [1.82, 2.24) is 0 Å². The number of ether oxygens (including phenoxy) is 4. The molecule has 0 amide bonds. The van der Waals surface area contributed by atoms with Crippen LogP contribution in [0.25, 0.3) is 0 Å². The molecule has 0 saturated carbocycles. The second-order valence-electron chi connectivity index (χ2n) is 17.7. The number of aliphatic hydroxyl groups excluding tert-OH is 6.